The lowest BCUT2D eigenvalue weighted by atomic mass is 10.1. The van der Waals surface area contributed by atoms with E-state index >= 15 is 0 Å². The van der Waals surface area contributed by atoms with Crippen LogP contribution in [-0.2, 0) is 28.6 Å². The summed E-state index contributed by atoms with van der Waals surface area (Å²) in [5.41, 5.74) is 0. The smallest absolute Gasteiger partial charge is 0.306 e. The molecule has 6 nitrogen and oxygen atoms in total. The van der Waals surface area contributed by atoms with Crippen LogP contribution in [-0.4, -0.2) is 37.2 Å². The normalized spacial score (nSPS) is 13.5. The predicted octanol–water partition coefficient (Wildman–Crippen LogP) is 16.2. The van der Waals surface area contributed by atoms with E-state index in [-0.39, 0.29) is 50.4 Å². The van der Waals surface area contributed by atoms with E-state index in [1.807, 2.05) is 54.7 Å². The van der Waals surface area contributed by atoms with E-state index in [0.717, 1.165) is 103 Å². The maximum Gasteiger partial charge on any atom is 0.306 e. The molecule has 0 heterocycles. The van der Waals surface area contributed by atoms with Crippen molar-refractivity contribution in [3.8, 4) is 0 Å². The first kappa shape index (κ1) is 59.0. The molecule has 0 aromatic heterocycles. The summed E-state index contributed by atoms with van der Waals surface area (Å²) < 4.78 is 16.6. The van der Waals surface area contributed by atoms with Crippen molar-refractivity contribution in [3.63, 3.8) is 0 Å². The van der Waals surface area contributed by atoms with Gasteiger partial charge >= 0.3 is 17.9 Å². The Morgan fingerprint density at radius 3 is 1.11 bits per heavy atom. The molecular weight excluding hydrogens is 793 g/mol. The number of carbonyl (C=O) groups excluding carboxylic acids is 3. The third-order valence-corrected chi connectivity index (χ3v) is 9.39. The topological polar surface area (TPSA) is 78.9 Å². The van der Waals surface area contributed by atoms with Crippen LogP contribution in [0.25, 0.3) is 0 Å². The highest BCUT2D eigenvalue weighted by Crippen LogP contribution is 2.12. The molecule has 0 aromatic rings. The highest BCUT2D eigenvalue weighted by atomic mass is 16.6. The third kappa shape index (κ3) is 48.1. The van der Waals surface area contributed by atoms with Crippen molar-refractivity contribution in [1.82, 2.24) is 0 Å². The number of allylic oxidation sites excluding steroid dienone is 26. The zero-order valence-corrected chi connectivity index (χ0v) is 40.2. The molecule has 0 fully saturated rings. The molecule has 6 heteroatoms. The molecule has 0 N–H and O–H groups in total. The highest BCUT2D eigenvalue weighted by molar-refractivity contribution is 5.71. The second-order valence-electron chi connectivity index (χ2n) is 15.3. The van der Waals surface area contributed by atoms with Crippen LogP contribution in [0.15, 0.2) is 158 Å². The molecule has 64 heavy (non-hydrogen) atoms. The van der Waals surface area contributed by atoms with Crippen LogP contribution >= 0.6 is 0 Å². The van der Waals surface area contributed by atoms with Crippen molar-refractivity contribution in [2.75, 3.05) is 13.2 Å². The first-order chi connectivity index (χ1) is 31.5. The molecule has 0 radical (unpaired) electrons. The molecular formula is C58H86O6. The lowest BCUT2D eigenvalue weighted by molar-refractivity contribution is -0.167. The van der Waals surface area contributed by atoms with Gasteiger partial charge in [-0.05, 0) is 103 Å². The van der Waals surface area contributed by atoms with Crippen LogP contribution in [0.4, 0.5) is 0 Å². The van der Waals surface area contributed by atoms with E-state index in [1.165, 1.54) is 12.8 Å². The molecule has 0 bridgehead atoms. The molecule has 0 aliphatic carbocycles. The SMILES string of the molecule is CC\C=C/C=C\C=C/C=C\C=C/CCCC(=O)OCC(COC(=O)CCC/C=C\C/C=C\C/C=C\C/C=C\C/C=C\CC)OC(=O)CCCCCCCC/C=C\C/C=C\C/C=C\CC. The fourth-order valence-corrected chi connectivity index (χ4v) is 5.81. The van der Waals surface area contributed by atoms with Gasteiger partial charge < -0.3 is 14.2 Å². The van der Waals surface area contributed by atoms with E-state index in [2.05, 4.69) is 124 Å². The Kier molecular flexibility index (Phi) is 46.7. The fourth-order valence-electron chi connectivity index (χ4n) is 5.81. The van der Waals surface area contributed by atoms with Crippen LogP contribution in [0.2, 0.25) is 0 Å². The first-order valence-corrected chi connectivity index (χ1v) is 24.6. The standard InChI is InChI=1S/C58H86O6/c1-4-7-10-13-16-19-22-25-27-29-31-33-36-39-42-45-48-51-57(60)63-54-55(53-62-56(59)50-47-44-41-38-35-32-24-21-18-15-12-9-6-3)64-58(61)52-49-46-43-40-37-34-30-28-26-23-20-17-14-11-8-5-2/h7-12,15-21,24-28,31-33,35,38-39,41-42,55H,4-6,13-14,22-23,29-30,34,36-37,40,43-54H2,1-3H3/b10-7-,11-8-,12-9-,18-15-,19-16-,20-17-,24-21-,27-25-,28-26-,33-31-,35-32-,41-38-,42-39-. The minimum Gasteiger partial charge on any atom is -0.462 e. The molecule has 0 aromatic carbocycles. The minimum atomic E-state index is -0.844. The van der Waals surface area contributed by atoms with Gasteiger partial charge in [0.1, 0.15) is 13.2 Å². The monoisotopic (exact) mass is 879 g/mol. The third-order valence-electron chi connectivity index (χ3n) is 9.39. The van der Waals surface area contributed by atoms with Crippen LogP contribution < -0.4 is 0 Å². The van der Waals surface area contributed by atoms with Gasteiger partial charge in [0.2, 0.25) is 0 Å². The Morgan fingerprint density at radius 2 is 0.656 bits per heavy atom. The largest absolute Gasteiger partial charge is 0.462 e. The van der Waals surface area contributed by atoms with Crippen LogP contribution in [0.5, 0.6) is 0 Å². The number of hydrogen-bond donors (Lipinski definition) is 0. The number of esters is 3. The Bertz CT molecular complexity index is 1520. The van der Waals surface area contributed by atoms with Gasteiger partial charge in [-0.1, -0.05) is 204 Å². The van der Waals surface area contributed by atoms with Crippen LogP contribution in [0.1, 0.15) is 168 Å². The number of rotatable bonds is 41. The minimum absolute atomic E-state index is 0.144. The van der Waals surface area contributed by atoms with Gasteiger partial charge in [-0.25, -0.2) is 0 Å². The van der Waals surface area contributed by atoms with E-state index in [4.69, 9.17) is 14.2 Å². The van der Waals surface area contributed by atoms with Gasteiger partial charge in [0.15, 0.2) is 6.10 Å². The summed E-state index contributed by atoms with van der Waals surface area (Å²) in [6.07, 6.45) is 73.8. The van der Waals surface area contributed by atoms with E-state index in [1.54, 1.807) is 0 Å². The predicted molar refractivity (Wildman–Crippen MR) is 274 cm³/mol. The van der Waals surface area contributed by atoms with Crippen LogP contribution in [0, 0.1) is 0 Å². The second-order valence-corrected chi connectivity index (χ2v) is 15.3. The summed E-state index contributed by atoms with van der Waals surface area (Å²) in [5, 5.41) is 0. The maximum absolute atomic E-state index is 12.8. The Hall–Kier alpha value is -4.97. The zero-order valence-electron chi connectivity index (χ0n) is 40.2. The number of unbranched alkanes of at least 4 members (excludes halogenated alkanes) is 8. The number of hydrogen-bond acceptors (Lipinski definition) is 6. The quantitative estimate of drug-likeness (QED) is 0.0200. The molecule has 0 aliphatic rings. The Balaban J connectivity index is 4.64. The van der Waals surface area contributed by atoms with Gasteiger partial charge in [0.25, 0.3) is 0 Å². The van der Waals surface area contributed by atoms with Gasteiger partial charge in [-0.15, -0.1) is 0 Å². The summed E-state index contributed by atoms with van der Waals surface area (Å²) in [6, 6.07) is 0. The van der Waals surface area contributed by atoms with Crippen molar-refractivity contribution in [3.05, 3.63) is 158 Å². The van der Waals surface area contributed by atoms with E-state index in [9.17, 15) is 14.4 Å². The average Bonchev–Trinajstić information content (AvgIpc) is 3.29. The molecule has 0 saturated heterocycles. The zero-order chi connectivity index (χ0) is 46.5. The molecule has 0 rings (SSSR count). The average molecular weight is 879 g/mol. The highest BCUT2D eigenvalue weighted by Gasteiger charge is 2.19. The van der Waals surface area contributed by atoms with Crippen molar-refractivity contribution >= 4 is 17.9 Å². The van der Waals surface area contributed by atoms with Crippen molar-refractivity contribution < 1.29 is 28.6 Å². The van der Waals surface area contributed by atoms with E-state index in [0.29, 0.717) is 12.8 Å². The molecule has 1 unspecified atom stereocenters. The number of carbonyl (C=O) groups is 3. The van der Waals surface area contributed by atoms with Gasteiger partial charge in [0, 0.05) is 19.3 Å². The molecule has 0 amide bonds. The van der Waals surface area contributed by atoms with Crippen LogP contribution in [0.3, 0.4) is 0 Å². The summed E-state index contributed by atoms with van der Waals surface area (Å²) in [6.45, 7) is 6.10. The summed E-state index contributed by atoms with van der Waals surface area (Å²) >= 11 is 0. The lowest BCUT2D eigenvalue weighted by Crippen LogP contribution is -2.30. The molecule has 0 aliphatic heterocycles. The van der Waals surface area contributed by atoms with Crippen molar-refractivity contribution in [2.24, 2.45) is 0 Å². The Morgan fingerprint density at radius 1 is 0.328 bits per heavy atom. The van der Waals surface area contributed by atoms with Gasteiger partial charge in [0.05, 0.1) is 0 Å². The maximum atomic E-state index is 12.8. The van der Waals surface area contributed by atoms with Gasteiger partial charge in [-0.3, -0.25) is 14.4 Å². The molecule has 354 valence electrons. The molecule has 1 atom stereocenters. The summed E-state index contributed by atoms with van der Waals surface area (Å²) in [7, 11) is 0. The van der Waals surface area contributed by atoms with E-state index < -0.39 is 6.10 Å². The first-order valence-electron chi connectivity index (χ1n) is 24.6. The molecule has 0 saturated carbocycles. The van der Waals surface area contributed by atoms with Gasteiger partial charge in [-0.2, -0.15) is 0 Å². The Labute approximate surface area is 390 Å². The summed E-state index contributed by atoms with van der Waals surface area (Å²) in [5.74, 6) is -1.10. The van der Waals surface area contributed by atoms with Crippen molar-refractivity contribution in [1.29, 1.82) is 0 Å². The summed E-state index contributed by atoms with van der Waals surface area (Å²) in [4.78, 5) is 37.9. The second kappa shape index (κ2) is 50.7. The fraction of sp³-hybridized carbons (Fsp3) is 0.500. The molecule has 0 spiro atoms. The van der Waals surface area contributed by atoms with Crippen molar-refractivity contribution in [2.45, 2.75) is 175 Å². The number of ether oxygens (including phenoxy) is 3. The lowest BCUT2D eigenvalue weighted by Gasteiger charge is -2.18.